The summed E-state index contributed by atoms with van der Waals surface area (Å²) in [6.07, 6.45) is 10.5. The Balaban J connectivity index is 1.84. The molecule has 2 heterocycles. The van der Waals surface area contributed by atoms with Crippen molar-refractivity contribution in [2.45, 2.75) is 64.3 Å². The Hall–Kier alpha value is -0.840. The molecule has 0 amide bonds. The molecule has 3 rings (SSSR count). The number of aromatic amines is 1. The van der Waals surface area contributed by atoms with Gasteiger partial charge in [0.25, 0.3) is 0 Å². The van der Waals surface area contributed by atoms with Gasteiger partial charge in [-0.25, -0.2) is 5.10 Å². The second-order valence-electron chi connectivity index (χ2n) is 6.35. The molecule has 20 heavy (non-hydrogen) atoms. The van der Waals surface area contributed by atoms with Crippen LogP contribution in [-0.2, 0) is 0 Å². The third-order valence-electron chi connectivity index (χ3n) is 5.00. The molecule has 112 valence electrons. The highest BCUT2D eigenvalue weighted by Crippen LogP contribution is 2.32. The minimum atomic E-state index is 0.562. The Kier molecular flexibility index (Phi) is 4.44. The van der Waals surface area contributed by atoms with Gasteiger partial charge in [0.15, 0.2) is 4.77 Å². The first-order valence-corrected chi connectivity index (χ1v) is 8.62. The first-order valence-electron chi connectivity index (χ1n) is 8.21. The van der Waals surface area contributed by atoms with Gasteiger partial charge in [-0.1, -0.05) is 32.6 Å². The van der Waals surface area contributed by atoms with Gasteiger partial charge < -0.3 is 4.90 Å². The van der Waals surface area contributed by atoms with E-state index in [4.69, 9.17) is 12.2 Å². The van der Waals surface area contributed by atoms with E-state index in [1.165, 1.54) is 51.4 Å². The molecule has 2 aliphatic rings. The fraction of sp³-hybridized carbons (Fsp3) is 0.867. The third kappa shape index (κ3) is 2.78. The van der Waals surface area contributed by atoms with Crippen molar-refractivity contribution in [3.8, 4) is 0 Å². The van der Waals surface area contributed by atoms with Crippen LogP contribution in [0.3, 0.4) is 0 Å². The van der Waals surface area contributed by atoms with E-state index < -0.39 is 0 Å². The summed E-state index contributed by atoms with van der Waals surface area (Å²) in [5.41, 5.74) is 0. The van der Waals surface area contributed by atoms with Gasteiger partial charge in [-0.05, 0) is 43.8 Å². The molecule has 1 N–H and O–H groups in total. The highest BCUT2D eigenvalue weighted by Gasteiger charge is 2.26. The SMILES string of the molecule is CCC1CCCN(c2n[nH]c(=S)n2C2CCCCC2)C1. The number of hydrogen-bond acceptors (Lipinski definition) is 3. The maximum atomic E-state index is 5.50. The van der Waals surface area contributed by atoms with Crippen molar-refractivity contribution in [2.24, 2.45) is 5.92 Å². The molecule has 1 atom stereocenters. The van der Waals surface area contributed by atoms with Gasteiger partial charge in [-0.2, -0.15) is 0 Å². The van der Waals surface area contributed by atoms with Gasteiger partial charge in [-0.15, -0.1) is 5.10 Å². The molecule has 1 aromatic rings. The van der Waals surface area contributed by atoms with E-state index in [9.17, 15) is 0 Å². The maximum absolute atomic E-state index is 5.50. The number of H-pyrrole nitrogens is 1. The summed E-state index contributed by atoms with van der Waals surface area (Å²) >= 11 is 5.50. The van der Waals surface area contributed by atoms with Gasteiger partial charge in [-0.3, -0.25) is 4.57 Å². The van der Waals surface area contributed by atoms with Crippen LogP contribution >= 0.6 is 12.2 Å². The molecule has 1 saturated heterocycles. The van der Waals surface area contributed by atoms with Crippen LogP contribution in [-0.4, -0.2) is 27.9 Å². The first-order chi connectivity index (χ1) is 9.79. The Morgan fingerprint density at radius 3 is 2.75 bits per heavy atom. The Morgan fingerprint density at radius 1 is 1.20 bits per heavy atom. The van der Waals surface area contributed by atoms with Crippen molar-refractivity contribution < 1.29 is 0 Å². The van der Waals surface area contributed by atoms with Crippen LogP contribution in [0.15, 0.2) is 0 Å². The second kappa shape index (κ2) is 6.29. The summed E-state index contributed by atoms with van der Waals surface area (Å²) in [5.74, 6) is 1.91. The van der Waals surface area contributed by atoms with Crippen molar-refractivity contribution in [2.75, 3.05) is 18.0 Å². The van der Waals surface area contributed by atoms with Crippen molar-refractivity contribution in [3.63, 3.8) is 0 Å². The van der Waals surface area contributed by atoms with Gasteiger partial charge in [0, 0.05) is 19.1 Å². The second-order valence-corrected chi connectivity index (χ2v) is 6.74. The van der Waals surface area contributed by atoms with E-state index in [0.717, 1.165) is 29.7 Å². The Morgan fingerprint density at radius 2 is 2.00 bits per heavy atom. The fourth-order valence-corrected chi connectivity index (χ4v) is 4.04. The normalized spacial score (nSPS) is 25.1. The van der Waals surface area contributed by atoms with Crippen LogP contribution in [0.2, 0.25) is 0 Å². The Bertz CT molecular complexity index is 486. The van der Waals surface area contributed by atoms with E-state index in [-0.39, 0.29) is 0 Å². The number of nitrogens with one attached hydrogen (secondary N) is 1. The summed E-state index contributed by atoms with van der Waals surface area (Å²) in [6, 6.07) is 0.562. The molecule has 1 aromatic heterocycles. The Labute approximate surface area is 126 Å². The molecule has 1 aliphatic heterocycles. The minimum Gasteiger partial charge on any atom is -0.341 e. The lowest BCUT2D eigenvalue weighted by atomic mass is 9.95. The number of aromatic nitrogens is 3. The molecule has 0 radical (unpaired) electrons. The van der Waals surface area contributed by atoms with Gasteiger partial charge in [0.1, 0.15) is 0 Å². The average molecular weight is 294 g/mol. The zero-order chi connectivity index (χ0) is 13.9. The van der Waals surface area contributed by atoms with Crippen LogP contribution in [0.25, 0.3) is 0 Å². The van der Waals surface area contributed by atoms with Crippen molar-refractivity contribution in [1.82, 2.24) is 14.8 Å². The molecule has 2 fully saturated rings. The first kappa shape index (κ1) is 14.1. The molecule has 5 heteroatoms. The predicted octanol–water partition coefficient (Wildman–Crippen LogP) is 4.07. The van der Waals surface area contributed by atoms with E-state index in [1.54, 1.807) is 0 Å². The van der Waals surface area contributed by atoms with Crippen LogP contribution in [0.1, 0.15) is 64.3 Å². The summed E-state index contributed by atoms with van der Waals surface area (Å²) in [5, 5.41) is 7.59. The number of piperidine rings is 1. The lowest BCUT2D eigenvalue weighted by Crippen LogP contribution is -2.37. The molecule has 0 bridgehead atoms. The number of rotatable bonds is 3. The largest absolute Gasteiger partial charge is 0.341 e. The molecule has 0 aromatic carbocycles. The summed E-state index contributed by atoms with van der Waals surface area (Å²) in [7, 11) is 0. The van der Waals surface area contributed by atoms with Crippen LogP contribution in [0, 0.1) is 10.7 Å². The average Bonchev–Trinajstić information content (AvgIpc) is 2.90. The van der Waals surface area contributed by atoms with E-state index in [2.05, 4.69) is 26.6 Å². The summed E-state index contributed by atoms with van der Waals surface area (Å²) in [6.45, 7) is 4.57. The molecule has 4 nitrogen and oxygen atoms in total. The monoisotopic (exact) mass is 294 g/mol. The van der Waals surface area contributed by atoms with Crippen LogP contribution in [0.5, 0.6) is 0 Å². The predicted molar refractivity (Wildman–Crippen MR) is 84.8 cm³/mol. The van der Waals surface area contributed by atoms with E-state index in [0.29, 0.717) is 6.04 Å². The van der Waals surface area contributed by atoms with E-state index in [1.807, 2.05) is 0 Å². The lowest BCUT2D eigenvalue weighted by molar-refractivity contribution is 0.342. The number of nitrogens with zero attached hydrogens (tertiary/aromatic N) is 3. The molecular weight excluding hydrogens is 268 g/mol. The van der Waals surface area contributed by atoms with Gasteiger partial charge in [0.2, 0.25) is 5.95 Å². The van der Waals surface area contributed by atoms with Crippen molar-refractivity contribution >= 4 is 18.2 Å². The fourth-order valence-electron chi connectivity index (χ4n) is 3.77. The van der Waals surface area contributed by atoms with Crippen molar-refractivity contribution in [1.29, 1.82) is 0 Å². The van der Waals surface area contributed by atoms with Gasteiger partial charge >= 0.3 is 0 Å². The quantitative estimate of drug-likeness (QED) is 0.854. The highest BCUT2D eigenvalue weighted by atomic mass is 32.1. The van der Waals surface area contributed by atoms with Crippen molar-refractivity contribution in [3.05, 3.63) is 4.77 Å². The molecular formula is C15H26N4S. The minimum absolute atomic E-state index is 0.562. The summed E-state index contributed by atoms with van der Waals surface area (Å²) in [4.78, 5) is 2.46. The van der Waals surface area contributed by atoms with Crippen LogP contribution in [0.4, 0.5) is 5.95 Å². The third-order valence-corrected chi connectivity index (χ3v) is 5.29. The molecule has 1 unspecified atom stereocenters. The van der Waals surface area contributed by atoms with Gasteiger partial charge in [0.05, 0.1) is 0 Å². The number of hydrogen-bond donors (Lipinski definition) is 1. The zero-order valence-corrected chi connectivity index (χ0v) is 13.3. The summed E-state index contributed by atoms with van der Waals surface area (Å²) < 4.78 is 3.12. The smallest absolute Gasteiger partial charge is 0.225 e. The highest BCUT2D eigenvalue weighted by molar-refractivity contribution is 7.71. The standard InChI is InChI=1S/C15H26N4S/c1-2-12-7-6-10-18(11-12)14-16-17-15(20)19(14)13-8-4-3-5-9-13/h12-13H,2-11H2,1H3,(H,17,20). The molecule has 1 aliphatic carbocycles. The topological polar surface area (TPSA) is 36.9 Å². The maximum Gasteiger partial charge on any atom is 0.225 e. The van der Waals surface area contributed by atoms with Crippen LogP contribution < -0.4 is 4.90 Å². The molecule has 0 spiro atoms. The number of anilines is 1. The molecule has 1 saturated carbocycles. The zero-order valence-electron chi connectivity index (χ0n) is 12.5. The van der Waals surface area contributed by atoms with E-state index >= 15 is 0 Å². The lowest BCUT2D eigenvalue weighted by Gasteiger charge is -2.34.